The number of rotatable bonds is 4. The molecule has 104 valence electrons. The first-order valence-electron chi connectivity index (χ1n) is 7.48. The molecular weight excluding hydrogens is 239 g/mol. The van der Waals surface area contributed by atoms with Crippen molar-refractivity contribution in [3.63, 3.8) is 0 Å². The summed E-state index contributed by atoms with van der Waals surface area (Å²) in [6.07, 6.45) is 5.29. The SMILES string of the molecule is CC(NC1CCN(C2CC2)CC1)c1ccc(F)cc1. The van der Waals surface area contributed by atoms with Crippen LogP contribution in [0.5, 0.6) is 0 Å². The molecule has 2 nitrogen and oxygen atoms in total. The molecule has 0 radical (unpaired) electrons. The van der Waals surface area contributed by atoms with Crippen molar-refractivity contribution in [1.82, 2.24) is 10.2 Å². The quantitative estimate of drug-likeness (QED) is 0.897. The third kappa shape index (κ3) is 3.34. The molecule has 1 atom stereocenters. The second kappa shape index (κ2) is 5.59. The molecule has 0 aromatic heterocycles. The standard InChI is InChI=1S/C16H23FN2/c1-12(13-2-4-14(17)5-3-13)18-15-8-10-19(11-9-15)16-6-7-16/h2-5,12,15-16,18H,6-11H2,1H3. The van der Waals surface area contributed by atoms with Crippen LogP contribution in [-0.4, -0.2) is 30.1 Å². The van der Waals surface area contributed by atoms with Gasteiger partial charge in [0.05, 0.1) is 0 Å². The van der Waals surface area contributed by atoms with Crippen LogP contribution in [-0.2, 0) is 0 Å². The van der Waals surface area contributed by atoms with Crippen LogP contribution in [0, 0.1) is 5.82 Å². The summed E-state index contributed by atoms with van der Waals surface area (Å²) in [6, 6.07) is 8.66. The van der Waals surface area contributed by atoms with Crippen LogP contribution in [0.2, 0.25) is 0 Å². The molecule has 1 N–H and O–H groups in total. The van der Waals surface area contributed by atoms with Gasteiger partial charge in [-0.25, -0.2) is 4.39 Å². The summed E-state index contributed by atoms with van der Waals surface area (Å²) in [5.41, 5.74) is 1.17. The molecule has 1 aromatic carbocycles. The number of nitrogens with zero attached hydrogens (tertiary/aromatic N) is 1. The van der Waals surface area contributed by atoms with E-state index in [-0.39, 0.29) is 5.82 Å². The Kier molecular flexibility index (Phi) is 3.85. The molecule has 2 aliphatic rings. The lowest BCUT2D eigenvalue weighted by Gasteiger charge is -2.34. The monoisotopic (exact) mass is 262 g/mol. The van der Waals surface area contributed by atoms with Crippen LogP contribution in [0.25, 0.3) is 0 Å². The molecule has 0 spiro atoms. The number of hydrogen-bond acceptors (Lipinski definition) is 2. The highest BCUT2D eigenvalue weighted by atomic mass is 19.1. The number of piperidine rings is 1. The van der Waals surface area contributed by atoms with Crippen molar-refractivity contribution in [2.24, 2.45) is 0 Å². The summed E-state index contributed by atoms with van der Waals surface area (Å²) in [5, 5.41) is 3.69. The number of benzene rings is 1. The molecule has 1 unspecified atom stereocenters. The average molecular weight is 262 g/mol. The highest BCUT2D eigenvalue weighted by molar-refractivity contribution is 5.19. The van der Waals surface area contributed by atoms with Gasteiger partial charge in [0.25, 0.3) is 0 Å². The van der Waals surface area contributed by atoms with Gasteiger partial charge < -0.3 is 10.2 Å². The smallest absolute Gasteiger partial charge is 0.123 e. The van der Waals surface area contributed by atoms with E-state index >= 15 is 0 Å². The van der Waals surface area contributed by atoms with Gasteiger partial charge in [-0.2, -0.15) is 0 Å². The summed E-state index contributed by atoms with van der Waals surface area (Å²) < 4.78 is 12.9. The van der Waals surface area contributed by atoms with E-state index in [9.17, 15) is 4.39 Å². The lowest BCUT2D eigenvalue weighted by atomic mass is 10.0. The second-order valence-electron chi connectivity index (χ2n) is 5.98. The third-order valence-electron chi connectivity index (χ3n) is 4.45. The van der Waals surface area contributed by atoms with E-state index in [4.69, 9.17) is 0 Å². The fourth-order valence-corrected chi connectivity index (χ4v) is 3.07. The molecule has 0 amide bonds. The molecule has 0 bridgehead atoms. The number of likely N-dealkylation sites (tertiary alicyclic amines) is 1. The molecule has 3 heteroatoms. The van der Waals surface area contributed by atoms with E-state index in [0.717, 1.165) is 6.04 Å². The average Bonchev–Trinajstić information content (AvgIpc) is 3.25. The van der Waals surface area contributed by atoms with Gasteiger partial charge in [-0.1, -0.05) is 12.1 Å². The third-order valence-corrected chi connectivity index (χ3v) is 4.45. The molecule has 1 aliphatic carbocycles. The van der Waals surface area contributed by atoms with Crippen molar-refractivity contribution in [3.8, 4) is 0 Å². The molecular formula is C16H23FN2. The van der Waals surface area contributed by atoms with E-state index in [0.29, 0.717) is 12.1 Å². The van der Waals surface area contributed by atoms with E-state index < -0.39 is 0 Å². The van der Waals surface area contributed by atoms with E-state index in [1.165, 1.54) is 44.3 Å². The van der Waals surface area contributed by atoms with Gasteiger partial charge in [-0.15, -0.1) is 0 Å². The molecule has 2 fully saturated rings. The topological polar surface area (TPSA) is 15.3 Å². The minimum Gasteiger partial charge on any atom is -0.307 e. The van der Waals surface area contributed by atoms with Crippen LogP contribution in [0.1, 0.15) is 44.2 Å². The predicted octanol–water partition coefficient (Wildman–Crippen LogP) is 3.10. The first-order chi connectivity index (χ1) is 9.22. The highest BCUT2D eigenvalue weighted by Crippen LogP contribution is 2.29. The number of hydrogen-bond donors (Lipinski definition) is 1. The van der Waals surface area contributed by atoms with Crippen molar-refractivity contribution in [2.75, 3.05) is 13.1 Å². The maximum absolute atomic E-state index is 12.9. The summed E-state index contributed by atoms with van der Waals surface area (Å²) in [6.45, 7) is 4.64. The molecule has 1 saturated carbocycles. The van der Waals surface area contributed by atoms with Gasteiger partial charge in [-0.3, -0.25) is 0 Å². The van der Waals surface area contributed by atoms with Gasteiger partial charge in [0.1, 0.15) is 5.82 Å². The van der Waals surface area contributed by atoms with Crippen LogP contribution in [0.3, 0.4) is 0 Å². The van der Waals surface area contributed by atoms with Gasteiger partial charge >= 0.3 is 0 Å². The zero-order chi connectivity index (χ0) is 13.2. The van der Waals surface area contributed by atoms with Gasteiger partial charge in [0.2, 0.25) is 0 Å². The summed E-state index contributed by atoms with van der Waals surface area (Å²) in [5.74, 6) is -0.159. The fraction of sp³-hybridized carbons (Fsp3) is 0.625. The van der Waals surface area contributed by atoms with Crippen LogP contribution < -0.4 is 5.32 Å². The minimum absolute atomic E-state index is 0.159. The molecule has 1 heterocycles. The van der Waals surface area contributed by atoms with E-state index in [1.54, 1.807) is 12.1 Å². The van der Waals surface area contributed by atoms with Crippen molar-refractivity contribution < 1.29 is 4.39 Å². The fourth-order valence-electron chi connectivity index (χ4n) is 3.07. The maximum Gasteiger partial charge on any atom is 0.123 e. The number of nitrogens with one attached hydrogen (secondary N) is 1. The number of halogens is 1. The zero-order valence-corrected chi connectivity index (χ0v) is 11.6. The van der Waals surface area contributed by atoms with Crippen molar-refractivity contribution in [3.05, 3.63) is 35.6 Å². The largest absolute Gasteiger partial charge is 0.307 e. The van der Waals surface area contributed by atoms with Crippen LogP contribution in [0.4, 0.5) is 4.39 Å². The first kappa shape index (κ1) is 13.1. The molecule has 1 saturated heterocycles. The summed E-state index contributed by atoms with van der Waals surface area (Å²) in [4.78, 5) is 2.64. The Morgan fingerprint density at radius 1 is 1.11 bits per heavy atom. The first-order valence-corrected chi connectivity index (χ1v) is 7.48. The van der Waals surface area contributed by atoms with Gasteiger partial charge in [0, 0.05) is 18.1 Å². The van der Waals surface area contributed by atoms with E-state index in [1.807, 2.05) is 12.1 Å². The Balaban J connectivity index is 1.49. The molecule has 1 aromatic rings. The lowest BCUT2D eigenvalue weighted by Crippen LogP contribution is -2.44. The Morgan fingerprint density at radius 3 is 2.32 bits per heavy atom. The summed E-state index contributed by atoms with van der Waals surface area (Å²) >= 11 is 0. The minimum atomic E-state index is -0.159. The van der Waals surface area contributed by atoms with Gasteiger partial charge in [-0.05, 0) is 63.4 Å². The second-order valence-corrected chi connectivity index (χ2v) is 5.98. The highest BCUT2D eigenvalue weighted by Gasteiger charge is 2.31. The normalized spacial score (nSPS) is 23.5. The Morgan fingerprint density at radius 2 is 1.74 bits per heavy atom. The van der Waals surface area contributed by atoms with Crippen molar-refractivity contribution in [2.45, 2.75) is 50.7 Å². The Hall–Kier alpha value is -0.930. The molecule has 3 rings (SSSR count). The Labute approximate surface area is 115 Å². The molecule has 1 aliphatic heterocycles. The predicted molar refractivity (Wildman–Crippen MR) is 75.6 cm³/mol. The van der Waals surface area contributed by atoms with Crippen molar-refractivity contribution >= 4 is 0 Å². The van der Waals surface area contributed by atoms with E-state index in [2.05, 4.69) is 17.1 Å². The molecule has 19 heavy (non-hydrogen) atoms. The lowest BCUT2D eigenvalue weighted by molar-refractivity contribution is 0.184. The van der Waals surface area contributed by atoms with Crippen LogP contribution >= 0.6 is 0 Å². The van der Waals surface area contributed by atoms with Crippen LogP contribution in [0.15, 0.2) is 24.3 Å². The zero-order valence-electron chi connectivity index (χ0n) is 11.6. The Bertz CT molecular complexity index is 405. The van der Waals surface area contributed by atoms with Crippen molar-refractivity contribution in [1.29, 1.82) is 0 Å². The van der Waals surface area contributed by atoms with Gasteiger partial charge in [0.15, 0.2) is 0 Å². The summed E-state index contributed by atoms with van der Waals surface area (Å²) in [7, 11) is 0. The maximum atomic E-state index is 12.9.